The first-order chi connectivity index (χ1) is 21.8. The normalized spacial score (nSPS) is 22.0. The number of nitrogens with two attached hydrogens (primary N) is 1. The minimum Gasteiger partial charge on any atom is -0.375 e. The number of hydrogen-bond donors (Lipinski definition) is 1. The fourth-order valence-electron chi connectivity index (χ4n) is 6.66. The molecule has 1 unspecified atom stereocenters. The number of hydrogen-bond acceptors (Lipinski definition) is 9. The highest BCUT2D eigenvalue weighted by Gasteiger charge is 2.41. The Balaban J connectivity index is 1.51. The molecule has 2 aromatic heterocycles. The Morgan fingerprint density at radius 2 is 1.85 bits per heavy atom. The summed E-state index contributed by atoms with van der Waals surface area (Å²) >= 11 is 2.04. The molecule has 0 bridgehead atoms. The zero-order chi connectivity index (χ0) is 32.7. The number of carbonyl (C=O) groups is 1. The van der Waals surface area contributed by atoms with Crippen molar-refractivity contribution in [3.63, 3.8) is 0 Å². The number of nitrogen functional groups attached to an aromatic ring is 1. The van der Waals surface area contributed by atoms with E-state index < -0.39 is 29.4 Å². The number of carbonyl (C=O) groups excluding carboxylic acids is 1. The molecule has 46 heavy (non-hydrogen) atoms. The van der Waals surface area contributed by atoms with E-state index in [4.69, 9.17) is 10.5 Å². The standard InChI is InChI=1S/C31H30F4N6O3S2/c1-4-22(42)41-14(2)10-39(11-15(41)3)28-19-9-20(31(33,34)35)23(18-7-8-21(32)26-24(18)37-29(36)46-26)27-25(19)40(30(43)38-28)12-17(13-45-27)44-16-5-6-16/h4,7-9,14-17H,1,5-6,10-13H2,2-3H3,(H2,36,37)/t14-,15+,17?. The Morgan fingerprint density at radius 3 is 2.50 bits per heavy atom. The molecule has 4 heterocycles. The van der Waals surface area contributed by atoms with Crippen molar-refractivity contribution in [3.8, 4) is 11.1 Å². The third kappa shape index (κ3) is 5.21. The monoisotopic (exact) mass is 674 g/mol. The average molecular weight is 675 g/mol. The van der Waals surface area contributed by atoms with E-state index in [1.165, 1.54) is 28.5 Å². The molecule has 1 saturated heterocycles. The molecule has 3 aliphatic rings. The summed E-state index contributed by atoms with van der Waals surface area (Å²) in [5.74, 6) is -0.491. The van der Waals surface area contributed by atoms with Crippen LogP contribution in [0.5, 0.6) is 0 Å². The summed E-state index contributed by atoms with van der Waals surface area (Å²) in [5.41, 5.74) is 4.53. The maximum absolute atomic E-state index is 15.2. The third-order valence-electron chi connectivity index (χ3n) is 8.64. The smallest absolute Gasteiger partial charge is 0.375 e. The van der Waals surface area contributed by atoms with Crippen LogP contribution in [0.2, 0.25) is 0 Å². The number of piperazine rings is 1. The Bertz CT molecular complexity index is 1960. The van der Waals surface area contributed by atoms with Crippen molar-refractivity contribution in [1.29, 1.82) is 0 Å². The lowest BCUT2D eigenvalue weighted by atomic mass is 9.95. The van der Waals surface area contributed by atoms with Crippen LogP contribution in [0.4, 0.5) is 28.5 Å². The molecular formula is C31H30F4N6O3S2. The lowest BCUT2D eigenvalue weighted by molar-refractivity contribution is -0.137. The second-order valence-corrected chi connectivity index (χ2v) is 14.1. The van der Waals surface area contributed by atoms with Crippen LogP contribution < -0.4 is 16.3 Å². The third-order valence-corrected chi connectivity index (χ3v) is 10.8. The van der Waals surface area contributed by atoms with Crippen LogP contribution >= 0.6 is 23.1 Å². The first kappa shape index (κ1) is 30.9. The molecule has 1 amide bonds. The number of amides is 1. The summed E-state index contributed by atoms with van der Waals surface area (Å²) in [7, 11) is 0. The summed E-state index contributed by atoms with van der Waals surface area (Å²) in [6, 6.07) is 2.77. The SMILES string of the molecule is C=CC(=O)N1[C@H](C)CN(c2nc(=O)n3c4c(c(-c5ccc(F)c6sc(N)nc56)c(C(F)(F)F)cc24)SCC(OC2CC2)C3)C[C@@H]1C. The van der Waals surface area contributed by atoms with E-state index in [1.807, 2.05) is 13.8 Å². The van der Waals surface area contributed by atoms with E-state index in [0.717, 1.165) is 36.3 Å². The molecule has 1 saturated carbocycles. The number of anilines is 2. The molecule has 2 aliphatic heterocycles. The molecule has 0 spiro atoms. The summed E-state index contributed by atoms with van der Waals surface area (Å²) in [6.07, 6.45) is -2.24. The highest BCUT2D eigenvalue weighted by Crippen LogP contribution is 2.50. The quantitative estimate of drug-likeness (QED) is 0.213. The minimum absolute atomic E-state index is 0.0211. The molecule has 0 radical (unpaired) electrons. The van der Waals surface area contributed by atoms with Gasteiger partial charge in [0.1, 0.15) is 11.6 Å². The maximum Gasteiger partial charge on any atom is 0.417 e. The second kappa shape index (κ2) is 11.2. The molecule has 4 aromatic rings. The molecule has 9 nitrogen and oxygen atoms in total. The number of thiazole rings is 1. The highest BCUT2D eigenvalue weighted by molar-refractivity contribution is 7.99. The lowest BCUT2D eigenvalue weighted by Crippen LogP contribution is -2.58. The molecule has 2 fully saturated rings. The van der Waals surface area contributed by atoms with Crippen LogP contribution in [0.15, 0.2) is 40.5 Å². The van der Waals surface area contributed by atoms with Gasteiger partial charge in [-0.15, -0.1) is 11.8 Å². The number of benzene rings is 2. The summed E-state index contributed by atoms with van der Waals surface area (Å²) in [4.78, 5) is 38.7. The van der Waals surface area contributed by atoms with Crippen LogP contribution in [-0.2, 0) is 22.3 Å². The van der Waals surface area contributed by atoms with Crippen molar-refractivity contribution >= 4 is 61.1 Å². The van der Waals surface area contributed by atoms with Gasteiger partial charge in [-0.25, -0.2) is 14.2 Å². The molecular weight excluding hydrogens is 645 g/mol. The van der Waals surface area contributed by atoms with Crippen molar-refractivity contribution < 1.29 is 27.1 Å². The number of aromatic nitrogens is 3. The van der Waals surface area contributed by atoms with Gasteiger partial charge in [-0.05, 0) is 51.0 Å². The number of ether oxygens (including phenoxy) is 1. The van der Waals surface area contributed by atoms with Gasteiger partial charge in [-0.2, -0.15) is 18.2 Å². The van der Waals surface area contributed by atoms with Crippen molar-refractivity contribution in [3.05, 3.63) is 52.7 Å². The average Bonchev–Trinajstić information content (AvgIpc) is 3.75. The number of halogens is 4. The van der Waals surface area contributed by atoms with E-state index in [1.54, 1.807) is 9.80 Å². The Labute approximate surface area is 269 Å². The van der Waals surface area contributed by atoms with Gasteiger partial charge < -0.3 is 20.3 Å². The highest BCUT2D eigenvalue weighted by atomic mass is 32.2. The number of nitrogens with zero attached hydrogens (tertiary/aromatic N) is 5. The van der Waals surface area contributed by atoms with Crippen LogP contribution in [0.1, 0.15) is 32.3 Å². The Kier molecular flexibility index (Phi) is 7.55. The van der Waals surface area contributed by atoms with Crippen molar-refractivity contribution in [2.75, 3.05) is 29.5 Å². The van der Waals surface area contributed by atoms with Crippen molar-refractivity contribution in [2.45, 2.75) is 68.6 Å². The van der Waals surface area contributed by atoms with Crippen LogP contribution in [0, 0.1) is 5.82 Å². The largest absolute Gasteiger partial charge is 0.417 e. The fourth-order valence-corrected chi connectivity index (χ4v) is 8.68. The molecule has 2 aromatic carbocycles. The van der Waals surface area contributed by atoms with Gasteiger partial charge in [0, 0.05) is 52.3 Å². The van der Waals surface area contributed by atoms with Gasteiger partial charge in [0.2, 0.25) is 5.91 Å². The predicted molar refractivity (Wildman–Crippen MR) is 171 cm³/mol. The van der Waals surface area contributed by atoms with Crippen LogP contribution in [0.25, 0.3) is 32.2 Å². The van der Waals surface area contributed by atoms with E-state index in [-0.39, 0.29) is 92.1 Å². The molecule has 242 valence electrons. The minimum atomic E-state index is -4.84. The van der Waals surface area contributed by atoms with E-state index in [0.29, 0.717) is 5.52 Å². The van der Waals surface area contributed by atoms with Gasteiger partial charge in [0.15, 0.2) is 5.13 Å². The molecule has 15 heteroatoms. The van der Waals surface area contributed by atoms with Gasteiger partial charge in [0.05, 0.1) is 40.0 Å². The van der Waals surface area contributed by atoms with Crippen molar-refractivity contribution in [1.82, 2.24) is 19.4 Å². The zero-order valence-electron chi connectivity index (χ0n) is 24.9. The first-order valence-corrected chi connectivity index (χ1v) is 16.7. The summed E-state index contributed by atoms with van der Waals surface area (Å²) in [6.45, 7) is 7.85. The van der Waals surface area contributed by atoms with E-state index in [2.05, 4.69) is 16.5 Å². The lowest BCUT2D eigenvalue weighted by Gasteiger charge is -2.44. The van der Waals surface area contributed by atoms with Gasteiger partial charge >= 0.3 is 11.9 Å². The molecule has 7 rings (SSSR count). The number of alkyl halides is 3. The van der Waals surface area contributed by atoms with E-state index >= 15 is 13.2 Å². The topological polar surface area (TPSA) is 107 Å². The van der Waals surface area contributed by atoms with Crippen LogP contribution in [0.3, 0.4) is 0 Å². The maximum atomic E-state index is 15.2. The van der Waals surface area contributed by atoms with Gasteiger partial charge in [-0.1, -0.05) is 17.9 Å². The Morgan fingerprint density at radius 1 is 1.13 bits per heavy atom. The molecule has 2 N–H and O–H groups in total. The van der Waals surface area contributed by atoms with Crippen LogP contribution in [-0.4, -0.2) is 68.5 Å². The second-order valence-electron chi connectivity index (χ2n) is 12.0. The fraction of sp³-hybridized carbons (Fsp3) is 0.419. The zero-order valence-corrected chi connectivity index (χ0v) is 26.6. The summed E-state index contributed by atoms with van der Waals surface area (Å²) < 4.78 is 68.1. The summed E-state index contributed by atoms with van der Waals surface area (Å²) in [5, 5.41) is 0.178. The van der Waals surface area contributed by atoms with E-state index in [9.17, 15) is 14.0 Å². The van der Waals surface area contributed by atoms with Crippen molar-refractivity contribution in [2.24, 2.45) is 0 Å². The molecule has 3 atom stereocenters. The predicted octanol–water partition coefficient (Wildman–Crippen LogP) is 5.68. The number of thioether (sulfide) groups is 1. The number of rotatable bonds is 5. The van der Waals surface area contributed by atoms with Gasteiger partial charge in [0.25, 0.3) is 0 Å². The molecule has 1 aliphatic carbocycles. The van der Waals surface area contributed by atoms with Gasteiger partial charge in [-0.3, -0.25) is 9.36 Å². The Hall–Kier alpha value is -3.69. The first-order valence-electron chi connectivity index (χ1n) is 14.9. The number of fused-ring (bicyclic) bond motifs is 1.